The van der Waals surface area contributed by atoms with Crippen molar-refractivity contribution in [3.8, 4) is 0 Å². The Hall–Kier alpha value is -1.08. The Morgan fingerprint density at radius 1 is 1.19 bits per heavy atom. The first-order valence-electron chi connectivity index (χ1n) is 5.91. The molecule has 1 rings (SSSR count). The second-order valence-corrected chi connectivity index (χ2v) is 10.3. The predicted molar refractivity (Wildman–Crippen MR) is 77.3 cm³/mol. The standard InChI is InChI=1S/C15H22Si/c1-5-14-10-6-7-11-15(14)12-8-9-13-16(2,3)4/h5-7,9-11,13H,1,8,12H2,2-4H3/b13-9-. The molecular formula is C15H22Si. The molecule has 0 fully saturated rings. The van der Waals surface area contributed by atoms with E-state index < -0.39 is 8.07 Å². The van der Waals surface area contributed by atoms with Crippen molar-refractivity contribution in [3.05, 3.63) is 53.7 Å². The van der Waals surface area contributed by atoms with Crippen LogP contribution < -0.4 is 0 Å². The summed E-state index contributed by atoms with van der Waals surface area (Å²) < 4.78 is 0. The summed E-state index contributed by atoms with van der Waals surface area (Å²) in [5, 5.41) is 0. The molecular weight excluding hydrogens is 208 g/mol. The number of benzene rings is 1. The van der Waals surface area contributed by atoms with Crippen LogP contribution in [0, 0.1) is 0 Å². The molecule has 0 aromatic heterocycles. The lowest BCUT2D eigenvalue weighted by molar-refractivity contribution is 0.999. The van der Waals surface area contributed by atoms with E-state index in [9.17, 15) is 0 Å². The maximum atomic E-state index is 3.85. The summed E-state index contributed by atoms with van der Waals surface area (Å²) in [6.07, 6.45) is 6.53. The lowest BCUT2D eigenvalue weighted by atomic mass is 10.0. The van der Waals surface area contributed by atoms with Gasteiger partial charge in [-0.1, -0.05) is 68.3 Å². The molecule has 1 aromatic rings. The Balaban J connectivity index is 2.55. The van der Waals surface area contributed by atoms with Gasteiger partial charge in [0.25, 0.3) is 0 Å². The average molecular weight is 230 g/mol. The Morgan fingerprint density at radius 3 is 2.50 bits per heavy atom. The van der Waals surface area contributed by atoms with E-state index in [1.807, 2.05) is 6.08 Å². The minimum absolute atomic E-state index is 1.02. The van der Waals surface area contributed by atoms with Gasteiger partial charge in [0.2, 0.25) is 0 Å². The molecule has 1 aromatic carbocycles. The van der Waals surface area contributed by atoms with Gasteiger partial charge in [0.1, 0.15) is 0 Å². The van der Waals surface area contributed by atoms with Crippen molar-refractivity contribution in [2.75, 3.05) is 0 Å². The average Bonchev–Trinajstić information content (AvgIpc) is 2.23. The van der Waals surface area contributed by atoms with Crippen molar-refractivity contribution in [1.29, 1.82) is 0 Å². The molecule has 0 radical (unpaired) electrons. The highest BCUT2D eigenvalue weighted by Crippen LogP contribution is 2.13. The molecule has 1 heteroatoms. The van der Waals surface area contributed by atoms with Crippen molar-refractivity contribution in [2.45, 2.75) is 32.5 Å². The molecule has 0 atom stereocenters. The van der Waals surface area contributed by atoms with Crippen molar-refractivity contribution < 1.29 is 0 Å². The maximum absolute atomic E-state index is 3.85. The number of hydrogen-bond acceptors (Lipinski definition) is 0. The lowest BCUT2D eigenvalue weighted by Gasteiger charge is -2.08. The first-order chi connectivity index (χ1) is 7.53. The van der Waals surface area contributed by atoms with E-state index in [1.54, 1.807) is 0 Å². The van der Waals surface area contributed by atoms with Crippen LogP contribution in [0.15, 0.2) is 42.6 Å². The van der Waals surface area contributed by atoms with Crippen molar-refractivity contribution in [2.24, 2.45) is 0 Å². The molecule has 0 saturated heterocycles. The Bertz CT molecular complexity index is 369. The van der Waals surface area contributed by atoms with Gasteiger partial charge in [-0.3, -0.25) is 0 Å². The fourth-order valence-electron chi connectivity index (χ4n) is 1.64. The summed E-state index contributed by atoms with van der Waals surface area (Å²) in [5.41, 5.74) is 5.09. The van der Waals surface area contributed by atoms with Gasteiger partial charge >= 0.3 is 0 Å². The minimum Gasteiger partial charge on any atom is -0.0989 e. The summed E-state index contributed by atoms with van der Waals surface area (Å²) in [7, 11) is -1.02. The summed E-state index contributed by atoms with van der Waals surface area (Å²) in [6, 6.07) is 8.49. The van der Waals surface area contributed by atoms with Gasteiger partial charge in [-0.25, -0.2) is 0 Å². The summed E-state index contributed by atoms with van der Waals surface area (Å²) in [6.45, 7) is 10.9. The topological polar surface area (TPSA) is 0 Å². The van der Waals surface area contributed by atoms with Gasteiger partial charge in [-0.15, -0.1) is 0 Å². The van der Waals surface area contributed by atoms with E-state index in [-0.39, 0.29) is 0 Å². The molecule has 0 aliphatic carbocycles. The van der Waals surface area contributed by atoms with Gasteiger partial charge < -0.3 is 0 Å². The van der Waals surface area contributed by atoms with E-state index in [0.717, 1.165) is 12.8 Å². The van der Waals surface area contributed by atoms with Crippen molar-refractivity contribution in [1.82, 2.24) is 0 Å². The maximum Gasteiger partial charge on any atom is 0.0682 e. The Kier molecular flexibility index (Phi) is 4.75. The summed E-state index contributed by atoms with van der Waals surface area (Å²) in [5.74, 6) is 0. The highest BCUT2D eigenvalue weighted by molar-refractivity contribution is 6.80. The van der Waals surface area contributed by atoms with Crippen LogP contribution in [0.25, 0.3) is 6.08 Å². The largest absolute Gasteiger partial charge is 0.0989 e. The fourth-order valence-corrected chi connectivity index (χ4v) is 2.51. The second-order valence-electron chi connectivity index (χ2n) is 5.21. The zero-order valence-electron chi connectivity index (χ0n) is 10.7. The molecule has 0 bridgehead atoms. The normalized spacial score (nSPS) is 11.9. The first-order valence-corrected chi connectivity index (χ1v) is 9.49. The number of hydrogen-bond donors (Lipinski definition) is 0. The van der Waals surface area contributed by atoms with E-state index in [2.05, 4.69) is 62.3 Å². The van der Waals surface area contributed by atoms with E-state index >= 15 is 0 Å². The molecule has 0 unspecified atom stereocenters. The van der Waals surface area contributed by atoms with Crippen LogP contribution in [0.1, 0.15) is 17.5 Å². The number of aryl methyl sites for hydroxylation is 1. The van der Waals surface area contributed by atoms with Gasteiger partial charge in [0.15, 0.2) is 0 Å². The van der Waals surface area contributed by atoms with Gasteiger partial charge in [0.05, 0.1) is 8.07 Å². The van der Waals surface area contributed by atoms with Crippen molar-refractivity contribution in [3.63, 3.8) is 0 Å². The molecule has 0 spiro atoms. The molecule has 0 saturated carbocycles. The van der Waals surface area contributed by atoms with Gasteiger partial charge in [-0.2, -0.15) is 0 Å². The van der Waals surface area contributed by atoms with Crippen LogP contribution in [0.5, 0.6) is 0 Å². The van der Waals surface area contributed by atoms with Crippen LogP contribution in [0.2, 0.25) is 19.6 Å². The van der Waals surface area contributed by atoms with Crippen LogP contribution in [-0.4, -0.2) is 8.07 Å². The molecule has 0 heterocycles. The molecule has 0 aliphatic rings. The van der Waals surface area contributed by atoms with Crippen LogP contribution in [-0.2, 0) is 6.42 Å². The third-order valence-electron chi connectivity index (χ3n) is 2.47. The zero-order chi connectivity index (χ0) is 12.0. The van der Waals surface area contributed by atoms with Gasteiger partial charge in [0, 0.05) is 0 Å². The SMILES string of the molecule is C=Cc1ccccc1CC/C=C\[Si](C)(C)C. The molecule has 0 N–H and O–H groups in total. The Labute approximate surface area is 101 Å². The fraction of sp³-hybridized carbons (Fsp3) is 0.333. The second kappa shape index (κ2) is 5.85. The molecule has 0 nitrogen and oxygen atoms in total. The van der Waals surface area contributed by atoms with Crippen LogP contribution in [0.3, 0.4) is 0 Å². The molecule has 0 aliphatic heterocycles. The van der Waals surface area contributed by atoms with Crippen LogP contribution >= 0.6 is 0 Å². The highest BCUT2D eigenvalue weighted by Gasteiger charge is 2.06. The number of rotatable bonds is 5. The summed E-state index contributed by atoms with van der Waals surface area (Å²) in [4.78, 5) is 0. The highest BCUT2D eigenvalue weighted by atomic mass is 28.3. The monoisotopic (exact) mass is 230 g/mol. The lowest BCUT2D eigenvalue weighted by Crippen LogP contribution is -2.15. The molecule has 16 heavy (non-hydrogen) atoms. The third kappa shape index (κ3) is 4.62. The quantitative estimate of drug-likeness (QED) is 0.643. The molecule has 86 valence electrons. The predicted octanol–water partition coefficient (Wildman–Crippen LogP) is 4.70. The van der Waals surface area contributed by atoms with E-state index in [4.69, 9.17) is 0 Å². The smallest absolute Gasteiger partial charge is 0.0682 e. The summed E-state index contributed by atoms with van der Waals surface area (Å²) >= 11 is 0. The Morgan fingerprint density at radius 2 is 1.88 bits per heavy atom. The van der Waals surface area contributed by atoms with Crippen molar-refractivity contribution >= 4 is 14.1 Å². The number of allylic oxidation sites excluding steroid dienone is 1. The van der Waals surface area contributed by atoms with E-state index in [0.29, 0.717) is 0 Å². The first kappa shape index (κ1) is 13.0. The zero-order valence-corrected chi connectivity index (χ0v) is 11.7. The van der Waals surface area contributed by atoms with Gasteiger partial charge in [-0.05, 0) is 24.0 Å². The van der Waals surface area contributed by atoms with E-state index in [1.165, 1.54) is 11.1 Å². The minimum atomic E-state index is -1.02. The van der Waals surface area contributed by atoms with Crippen LogP contribution in [0.4, 0.5) is 0 Å². The molecule has 0 amide bonds. The third-order valence-corrected chi connectivity index (χ3v) is 3.71.